The van der Waals surface area contributed by atoms with Crippen LogP contribution in [-0.4, -0.2) is 23.6 Å². The number of thioether (sulfide) groups is 1. The third kappa shape index (κ3) is 32.1. The minimum atomic E-state index is 0.957. The molecule has 0 unspecified atom stereocenters. The topological polar surface area (TPSA) is 37.3 Å². The van der Waals surface area contributed by atoms with Gasteiger partial charge in [-0.1, -0.05) is 139 Å². The Morgan fingerprint density at radius 2 is 1.00 bits per heavy atom. The van der Waals surface area contributed by atoms with Crippen LogP contribution >= 0.6 is 11.8 Å². The highest BCUT2D eigenvalue weighted by atomic mass is 32.2. The summed E-state index contributed by atoms with van der Waals surface area (Å²) >= 11 is 1.41. The van der Waals surface area contributed by atoms with E-state index in [1.807, 2.05) is 13.8 Å². The monoisotopic (exact) mass is 426 g/mol. The van der Waals surface area contributed by atoms with E-state index in [1.165, 1.54) is 99.9 Å². The zero-order valence-electron chi connectivity index (χ0n) is 20.3. The van der Waals surface area contributed by atoms with Crippen LogP contribution < -0.4 is 0 Å². The van der Waals surface area contributed by atoms with E-state index in [4.69, 9.17) is 5.11 Å². The highest BCUT2D eigenvalue weighted by Gasteiger charge is 1.93. The van der Waals surface area contributed by atoms with E-state index < -0.39 is 0 Å². The Morgan fingerprint density at radius 3 is 1.31 bits per heavy atom. The van der Waals surface area contributed by atoms with Gasteiger partial charge in [0.05, 0.1) is 0 Å². The highest BCUT2D eigenvalue weighted by Crippen LogP contribution is 2.12. The van der Waals surface area contributed by atoms with Crippen LogP contribution in [0.1, 0.15) is 109 Å². The van der Waals surface area contributed by atoms with Crippen molar-refractivity contribution in [3.8, 4) is 0 Å². The Labute approximate surface area is 187 Å². The van der Waals surface area contributed by atoms with Crippen molar-refractivity contribution in [3.63, 3.8) is 0 Å². The van der Waals surface area contributed by atoms with Gasteiger partial charge in [-0.25, -0.2) is 0 Å². The lowest BCUT2D eigenvalue weighted by molar-refractivity contribution is 0.399. The van der Waals surface area contributed by atoms with Gasteiger partial charge in [-0.2, -0.15) is 0 Å². The summed E-state index contributed by atoms with van der Waals surface area (Å²) in [5, 5.41) is 7.00. The summed E-state index contributed by atoms with van der Waals surface area (Å²) < 4.78 is 0. The second kappa shape index (κ2) is 31.9. The molecule has 3 heteroatoms. The van der Waals surface area contributed by atoms with Crippen molar-refractivity contribution in [3.05, 3.63) is 35.4 Å². The van der Waals surface area contributed by atoms with Crippen molar-refractivity contribution in [1.29, 1.82) is 0 Å². The normalized spacial score (nSPS) is 9.21. The minimum absolute atomic E-state index is 0.957. The van der Waals surface area contributed by atoms with Crippen LogP contribution in [0.25, 0.3) is 0 Å². The van der Waals surface area contributed by atoms with Crippen LogP contribution in [0.3, 0.4) is 0 Å². The lowest BCUT2D eigenvalue weighted by Gasteiger charge is -2.02. The number of aliphatic hydroxyl groups is 1. The average molecular weight is 427 g/mol. The molecule has 29 heavy (non-hydrogen) atoms. The Bertz CT molecular complexity index is 369. The van der Waals surface area contributed by atoms with Crippen LogP contribution in [0.15, 0.2) is 24.3 Å². The molecular weight excluding hydrogens is 376 g/mol. The number of aliphatic hydroxyl groups excluding tert-OH is 1. The molecule has 0 amide bonds. The van der Waals surface area contributed by atoms with E-state index in [2.05, 4.69) is 45.0 Å². The molecule has 172 valence electrons. The summed E-state index contributed by atoms with van der Waals surface area (Å²) in [4.78, 5) is 10.1. The molecule has 0 saturated heterocycles. The number of benzene rings is 1. The first kappa shape index (κ1) is 32.9. The van der Waals surface area contributed by atoms with Crippen LogP contribution in [0.5, 0.6) is 0 Å². The number of aryl methyl sites for hydroxylation is 2. The molecule has 0 saturated carbocycles. The minimum Gasteiger partial charge on any atom is -0.400 e. The zero-order valence-corrected chi connectivity index (χ0v) is 21.2. The molecule has 0 aliphatic heterocycles. The van der Waals surface area contributed by atoms with E-state index in [1.54, 1.807) is 0 Å². The number of carbonyl (C=O) groups excluding carboxylic acids is 1. The molecule has 1 N–H and O–H groups in total. The molecule has 2 nitrogen and oxygen atoms in total. The average Bonchev–Trinajstić information content (AvgIpc) is 2.77. The fourth-order valence-electron chi connectivity index (χ4n) is 2.71. The van der Waals surface area contributed by atoms with Gasteiger partial charge in [0.1, 0.15) is 0 Å². The fraction of sp³-hybridized carbons (Fsp3) is 0.731. The first-order valence-corrected chi connectivity index (χ1v) is 12.8. The molecule has 0 aliphatic carbocycles. The van der Waals surface area contributed by atoms with Gasteiger partial charge in [0.25, 0.3) is 0 Å². The maximum absolute atomic E-state index is 10.1. The molecule has 0 aliphatic rings. The van der Waals surface area contributed by atoms with Crippen molar-refractivity contribution >= 4 is 17.4 Å². The molecule has 0 radical (unpaired) electrons. The van der Waals surface area contributed by atoms with Crippen molar-refractivity contribution in [2.45, 2.75) is 112 Å². The Kier molecular flexibility index (Phi) is 36.1. The summed E-state index contributed by atoms with van der Waals surface area (Å²) in [6, 6.07) is 8.48. The van der Waals surface area contributed by atoms with Crippen molar-refractivity contribution in [2.75, 3.05) is 12.9 Å². The zero-order chi connectivity index (χ0) is 22.6. The smallest absolute Gasteiger partial charge is 0.176 e. The third-order valence-electron chi connectivity index (χ3n) is 4.40. The molecule has 1 aromatic carbocycles. The molecule has 0 atom stereocenters. The molecule has 0 aromatic heterocycles. The number of hydrogen-bond acceptors (Lipinski definition) is 3. The Morgan fingerprint density at radius 1 is 0.690 bits per heavy atom. The second-order valence-electron chi connectivity index (χ2n) is 7.01. The number of hydrogen-bond donors (Lipinski definition) is 1. The second-order valence-corrected chi connectivity index (χ2v) is 7.94. The Hall–Kier alpha value is -0.800. The van der Waals surface area contributed by atoms with Gasteiger partial charge in [-0.3, -0.25) is 4.79 Å². The third-order valence-corrected chi connectivity index (χ3v) is 5.06. The maximum atomic E-state index is 10.1. The lowest BCUT2D eigenvalue weighted by Crippen LogP contribution is -1.84. The summed E-state index contributed by atoms with van der Waals surface area (Å²) in [6.07, 6.45) is 16.6. The predicted molar refractivity (Wildman–Crippen MR) is 136 cm³/mol. The van der Waals surface area contributed by atoms with Gasteiger partial charge < -0.3 is 5.11 Å². The molecule has 0 heterocycles. The molecule has 0 fully saturated rings. The SMILES string of the molecule is CC.CCCCCCCCCCCCCCSC=O.CO.Cc1ccc(C)cc1. The maximum Gasteiger partial charge on any atom is 0.176 e. The van der Waals surface area contributed by atoms with Gasteiger partial charge in [0.2, 0.25) is 0 Å². The van der Waals surface area contributed by atoms with Crippen LogP contribution in [0, 0.1) is 13.8 Å². The van der Waals surface area contributed by atoms with Gasteiger partial charge in [0, 0.05) is 12.9 Å². The molecule has 0 bridgehead atoms. The molecule has 0 spiro atoms. The van der Waals surface area contributed by atoms with Crippen LogP contribution in [0.4, 0.5) is 0 Å². The van der Waals surface area contributed by atoms with Crippen molar-refractivity contribution in [1.82, 2.24) is 0 Å². The summed E-state index contributed by atoms with van der Waals surface area (Å²) in [5.74, 6) is 1.01. The standard InChI is InChI=1S/C15H30OS.C8H10.C2H6.CH4O/c1-2-3-4-5-6-7-8-9-10-11-12-13-14-17-15-16;1-7-3-5-8(2)6-4-7;2*1-2/h15H,2-14H2,1H3;3-6H,1-2H3;1-2H3;2H,1H3. The fourth-order valence-corrected chi connectivity index (χ4v) is 3.18. The molecule has 1 aromatic rings. The van der Waals surface area contributed by atoms with Crippen molar-refractivity contribution in [2.24, 2.45) is 0 Å². The first-order chi connectivity index (χ1) is 14.2. The lowest BCUT2D eigenvalue weighted by atomic mass is 10.1. The van der Waals surface area contributed by atoms with Crippen LogP contribution in [-0.2, 0) is 4.79 Å². The van der Waals surface area contributed by atoms with Crippen LogP contribution in [0.2, 0.25) is 0 Å². The van der Waals surface area contributed by atoms with E-state index >= 15 is 0 Å². The summed E-state index contributed by atoms with van der Waals surface area (Å²) in [5.41, 5.74) is 3.62. The van der Waals surface area contributed by atoms with Gasteiger partial charge in [-0.05, 0) is 20.3 Å². The van der Waals surface area contributed by atoms with Crippen molar-refractivity contribution < 1.29 is 9.90 Å². The van der Waals surface area contributed by atoms with Gasteiger partial charge in [-0.15, -0.1) is 0 Å². The number of carbonyl (C=O) groups is 1. The Balaban J connectivity index is -0.000000465. The van der Waals surface area contributed by atoms with E-state index in [-0.39, 0.29) is 0 Å². The quantitative estimate of drug-likeness (QED) is 0.239. The number of rotatable bonds is 14. The van der Waals surface area contributed by atoms with E-state index in [9.17, 15) is 4.79 Å². The summed E-state index contributed by atoms with van der Waals surface area (Å²) in [7, 11) is 1.00. The van der Waals surface area contributed by atoms with E-state index in [0.29, 0.717) is 0 Å². The highest BCUT2D eigenvalue weighted by molar-refractivity contribution is 8.11. The number of unbranched alkanes of at least 4 members (excludes halogenated alkanes) is 11. The largest absolute Gasteiger partial charge is 0.400 e. The summed E-state index contributed by atoms with van der Waals surface area (Å²) in [6.45, 7) is 10.5. The predicted octanol–water partition coefficient (Wildman–Crippen LogP) is 8.55. The molecule has 1 rings (SSSR count). The van der Waals surface area contributed by atoms with Gasteiger partial charge >= 0.3 is 0 Å². The first-order valence-electron chi connectivity index (χ1n) is 11.7. The van der Waals surface area contributed by atoms with Gasteiger partial charge in [0.15, 0.2) is 5.62 Å². The van der Waals surface area contributed by atoms with E-state index in [0.717, 1.165) is 18.5 Å². The molecular formula is C26H50O2S.